The van der Waals surface area contributed by atoms with Crippen LogP contribution in [0.3, 0.4) is 0 Å². The minimum Gasteiger partial charge on any atom is -0.468 e. The largest absolute Gasteiger partial charge is 0.468 e. The van der Waals surface area contributed by atoms with E-state index in [1.165, 1.54) is 7.11 Å². The van der Waals surface area contributed by atoms with E-state index in [1.807, 2.05) is 20.8 Å². The number of rotatable bonds is 6. The number of methoxy groups -OCH3 is 1. The standard InChI is InChI=1S/C15H27NO4/c1-5-20-14(17)11-7-6-8-12(9-11)16-13(10(2)3)15(18)19-4/h10-13,16H,5-9H2,1-4H3/t11?,12?,13-/m0/s1. The normalized spacial score (nSPS) is 24.2. The van der Waals surface area contributed by atoms with E-state index in [9.17, 15) is 9.59 Å². The van der Waals surface area contributed by atoms with Crippen LogP contribution in [0.5, 0.6) is 0 Å². The molecule has 0 bridgehead atoms. The van der Waals surface area contributed by atoms with E-state index in [-0.39, 0.29) is 35.9 Å². The molecule has 2 unspecified atom stereocenters. The van der Waals surface area contributed by atoms with Crippen molar-refractivity contribution in [1.82, 2.24) is 5.32 Å². The second-order valence-electron chi connectivity index (χ2n) is 5.72. The van der Waals surface area contributed by atoms with Crippen LogP contribution in [-0.4, -0.2) is 37.7 Å². The first-order valence-corrected chi connectivity index (χ1v) is 7.50. The predicted molar refractivity (Wildman–Crippen MR) is 76.2 cm³/mol. The number of carbonyl (C=O) groups excluding carboxylic acids is 2. The summed E-state index contributed by atoms with van der Waals surface area (Å²) >= 11 is 0. The first-order valence-electron chi connectivity index (χ1n) is 7.50. The summed E-state index contributed by atoms with van der Waals surface area (Å²) in [5, 5.41) is 3.35. The summed E-state index contributed by atoms with van der Waals surface area (Å²) in [5.74, 6) is -0.242. The molecular weight excluding hydrogens is 258 g/mol. The Bertz CT molecular complexity index is 330. The minimum atomic E-state index is -0.314. The first-order chi connectivity index (χ1) is 9.49. The summed E-state index contributed by atoms with van der Waals surface area (Å²) in [6.45, 7) is 6.22. The number of carbonyl (C=O) groups is 2. The van der Waals surface area contributed by atoms with Crippen molar-refractivity contribution in [3.8, 4) is 0 Å². The predicted octanol–water partition coefficient (Wildman–Crippen LogP) is 1.90. The average Bonchev–Trinajstić information content (AvgIpc) is 2.44. The van der Waals surface area contributed by atoms with Crippen LogP contribution in [0.4, 0.5) is 0 Å². The Hall–Kier alpha value is -1.10. The third-order valence-electron chi connectivity index (χ3n) is 3.83. The van der Waals surface area contributed by atoms with E-state index >= 15 is 0 Å². The van der Waals surface area contributed by atoms with Crippen LogP contribution in [0.25, 0.3) is 0 Å². The number of esters is 2. The summed E-state index contributed by atoms with van der Waals surface area (Å²) in [7, 11) is 1.40. The van der Waals surface area contributed by atoms with Crippen LogP contribution in [0.15, 0.2) is 0 Å². The van der Waals surface area contributed by atoms with Gasteiger partial charge in [0.25, 0.3) is 0 Å². The molecule has 0 heterocycles. The minimum absolute atomic E-state index is 0.0494. The highest BCUT2D eigenvalue weighted by Crippen LogP contribution is 2.26. The van der Waals surface area contributed by atoms with Gasteiger partial charge in [0.15, 0.2) is 0 Å². The molecule has 1 N–H and O–H groups in total. The molecule has 0 radical (unpaired) electrons. The lowest BCUT2D eigenvalue weighted by molar-refractivity contribution is -0.149. The molecule has 1 fully saturated rings. The van der Waals surface area contributed by atoms with Gasteiger partial charge < -0.3 is 14.8 Å². The molecule has 0 aromatic carbocycles. The van der Waals surface area contributed by atoms with E-state index in [4.69, 9.17) is 9.47 Å². The zero-order valence-corrected chi connectivity index (χ0v) is 13.0. The van der Waals surface area contributed by atoms with Crippen LogP contribution in [0.1, 0.15) is 46.5 Å². The van der Waals surface area contributed by atoms with E-state index in [1.54, 1.807) is 0 Å². The summed E-state index contributed by atoms with van der Waals surface area (Å²) < 4.78 is 9.93. The Kier molecular flexibility index (Phi) is 6.99. The van der Waals surface area contributed by atoms with Gasteiger partial charge >= 0.3 is 11.9 Å². The zero-order valence-electron chi connectivity index (χ0n) is 13.0. The molecule has 5 nitrogen and oxygen atoms in total. The second kappa shape index (κ2) is 8.25. The molecule has 20 heavy (non-hydrogen) atoms. The Morgan fingerprint density at radius 1 is 1.30 bits per heavy atom. The highest BCUT2D eigenvalue weighted by Gasteiger charge is 2.32. The maximum absolute atomic E-state index is 11.8. The van der Waals surface area contributed by atoms with Gasteiger partial charge in [0, 0.05) is 6.04 Å². The number of ether oxygens (including phenoxy) is 2. The van der Waals surface area contributed by atoms with Gasteiger partial charge in [-0.2, -0.15) is 0 Å². The molecule has 1 aliphatic rings. The van der Waals surface area contributed by atoms with Gasteiger partial charge in [-0.05, 0) is 32.1 Å². The molecule has 0 aliphatic heterocycles. The molecule has 1 rings (SSSR count). The molecule has 1 aliphatic carbocycles. The lowest BCUT2D eigenvalue weighted by Gasteiger charge is -2.32. The molecule has 1 saturated carbocycles. The molecule has 0 saturated heterocycles. The first kappa shape index (κ1) is 17.0. The summed E-state index contributed by atoms with van der Waals surface area (Å²) in [6.07, 6.45) is 3.57. The third-order valence-corrected chi connectivity index (χ3v) is 3.83. The molecule has 3 atom stereocenters. The van der Waals surface area contributed by atoms with Crippen LogP contribution < -0.4 is 5.32 Å². The molecule has 116 valence electrons. The van der Waals surface area contributed by atoms with Crippen LogP contribution in [-0.2, 0) is 19.1 Å². The molecule has 0 amide bonds. The van der Waals surface area contributed by atoms with E-state index in [0.29, 0.717) is 6.61 Å². The van der Waals surface area contributed by atoms with Gasteiger partial charge in [-0.3, -0.25) is 9.59 Å². The smallest absolute Gasteiger partial charge is 0.323 e. The number of hydrogen-bond acceptors (Lipinski definition) is 5. The van der Waals surface area contributed by atoms with Crippen molar-refractivity contribution in [1.29, 1.82) is 0 Å². The fourth-order valence-electron chi connectivity index (χ4n) is 2.73. The summed E-state index contributed by atoms with van der Waals surface area (Å²) in [5.41, 5.74) is 0. The molecule has 5 heteroatoms. The van der Waals surface area contributed by atoms with E-state index in [2.05, 4.69) is 5.32 Å². The Morgan fingerprint density at radius 2 is 2.00 bits per heavy atom. The highest BCUT2D eigenvalue weighted by molar-refractivity contribution is 5.76. The Labute approximate surface area is 121 Å². The van der Waals surface area contributed by atoms with Gasteiger partial charge in [-0.25, -0.2) is 0 Å². The van der Waals surface area contributed by atoms with E-state index in [0.717, 1.165) is 25.7 Å². The van der Waals surface area contributed by atoms with Gasteiger partial charge in [-0.15, -0.1) is 0 Å². The zero-order chi connectivity index (χ0) is 15.1. The highest BCUT2D eigenvalue weighted by atomic mass is 16.5. The third kappa shape index (κ3) is 4.78. The van der Waals surface area contributed by atoms with Gasteiger partial charge in [0.05, 0.1) is 19.6 Å². The van der Waals surface area contributed by atoms with Crippen molar-refractivity contribution in [2.24, 2.45) is 11.8 Å². The topological polar surface area (TPSA) is 64.6 Å². The van der Waals surface area contributed by atoms with Crippen molar-refractivity contribution in [3.05, 3.63) is 0 Å². The van der Waals surface area contributed by atoms with Crippen LogP contribution >= 0.6 is 0 Å². The maximum Gasteiger partial charge on any atom is 0.323 e. The molecule has 0 aromatic heterocycles. The summed E-state index contributed by atoms with van der Waals surface area (Å²) in [6, 6.07) is -0.143. The van der Waals surface area contributed by atoms with Crippen LogP contribution in [0.2, 0.25) is 0 Å². The number of nitrogens with one attached hydrogen (secondary N) is 1. The van der Waals surface area contributed by atoms with Crippen molar-refractivity contribution in [2.75, 3.05) is 13.7 Å². The fraction of sp³-hybridized carbons (Fsp3) is 0.867. The van der Waals surface area contributed by atoms with Gasteiger partial charge in [0.2, 0.25) is 0 Å². The lowest BCUT2D eigenvalue weighted by Crippen LogP contribution is -2.49. The molecular formula is C15H27NO4. The van der Waals surface area contributed by atoms with E-state index < -0.39 is 0 Å². The fourth-order valence-corrected chi connectivity index (χ4v) is 2.73. The van der Waals surface area contributed by atoms with Gasteiger partial charge in [0.1, 0.15) is 6.04 Å². The molecule has 0 spiro atoms. The Balaban J connectivity index is 2.58. The summed E-state index contributed by atoms with van der Waals surface area (Å²) in [4.78, 5) is 23.6. The van der Waals surface area contributed by atoms with Crippen molar-refractivity contribution in [2.45, 2.75) is 58.5 Å². The lowest BCUT2D eigenvalue weighted by atomic mass is 9.85. The SMILES string of the molecule is CCOC(=O)C1CCCC(N[C@H](C(=O)OC)C(C)C)C1. The maximum atomic E-state index is 11.8. The van der Waals surface area contributed by atoms with Gasteiger partial charge in [-0.1, -0.05) is 20.3 Å². The molecule has 0 aromatic rings. The average molecular weight is 285 g/mol. The second-order valence-corrected chi connectivity index (χ2v) is 5.72. The quantitative estimate of drug-likeness (QED) is 0.755. The number of hydrogen-bond donors (Lipinski definition) is 1. The Morgan fingerprint density at radius 3 is 2.55 bits per heavy atom. The van der Waals surface area contributed by atoms with Crippen molar-refractivity contribution >= 4 is 11.9 Å². The monoisotopic (exact) mass is 285 g/mol. The van der Waals surface area contributed by atoms with Crippen LogP contribution in [0, 0.1) is 11.8 Å². The van der Waals surface area contributed by atoms with Crippen molar-refractivity contribution < 1.29 is 19.1 Å². The van der Waals surface area contributed by atoms with Crippen molar-refractivity contribution in [3.63, 3.8) is 0 Å².